The Morgan fingerprint density at radius 2 is 1.55 bits per heavy atom. The minimum absolute atomic E-state index is 0.0979. The minimum Gasteiger partial charge on any atom is -0.394 e. The van der Waals surface area contributed by atoms with Gasteiger partial charge in [0.1, 0.15) is 24.2 Å². The van der Waals surface area contributed by atoms with Gasteiger partial charge in [-0.3, -0.25) is 33.3 Å². The van der Waals surface area contributed by atoms with Crippen molar-refractivity contribution in [2.75, 3.05) is 19.7 Å². The van der Waals surface area contributed by atoms with E-state index in [2.05, 4.69) is 35.8 Å². The molecule has 51 heavy (non-hydrogen) atoms. The summed E-state index contributed by atoms with van der Waals surface area (Å²) in [7, 11) is -5.09. The zero-order valence-corrected chi connectivity index (χ0v) is 29.7. The van der Waals surface area contributed by atoms with E-state index in [1.54, 1.807) is 0 Å². The second kappa shape index (κ2) is 20.2. The molecule has 19 nitrogen and oxygen atoms in total. The summed E-state index contributed by atoms with van der Waals surface area (Å²) in [6.45, 7) is 4.97. The molecular formula is C31H47N8O11P. The number of hydrogen-bond acceptors (Lipinski definition) is 10. The molecule has 0 aliphatic rings. The Morgan fingerprint density at radius 3 is 2.08 bits per heavy atom. The molecule has 0 aliphatic heterocycles. The Hall–Kier alpha value is -4.68. The first-order valence-corrected chi connectivity index (χ1v) is 17.5. The zero-order chi connectivity index (χ0) is 38.3. The van der Waals surface area contributed by atoms with Gasteiger partial charge in [0, 0.05) is 26.1 Å². The van der Waals surface area contributed by atoms with Gasteiger partial charge in [0.15, 0.2) is 0 Å². The van der Waals surface area contributed by atoms with Crippen LogP contribution >= 0.6 is 7.82 Å². The number of H-pyrrole nitrogens is 1. The number of aromatic amines is 1. The van der Waals surface area contributed by atoms with Crippen LogP contribution in [0.2, 0.25) is 0 Å². The van der Waals surface area contributed by atoms with Gasteiger partial charge in [0.25, 0.3) is 0 Å². The first-order valence-electron chi connectivity index (χ1n) is 16.0. The fourth-order valence-corrected chi connectivity index (χ4v) is 5.44. The molecule has 0 saturated heterocycles. The first-order chi connectivity index (χ1) is 23.9. The molecule has 6 amide bonds. The lowest BCUT2D eigenvalue weighted by atomic mass is 10.0. The summed E-state index contributed by atoms with van der Waals surface area (Å²) in [6.07, 6.45) is 1.65. The van der Waals surface area contributed by atoms with E-state index in [9.17, 15) is 38.4 Å². The largest absolute Gasteiger partial charge is 0.469 e. The molecule has 20 heteroatoms. The zero-order valence-electron chi connectivity index (χ0n) is 28.8. The monoisotopic (exact) mass is 738 g/mol. The van der Waals surface area contributed by atoms with Crippen LogP contribution < -0.4 is 27.0 Å². The number of rotatable bonds is 21. The first kappa shape index (κ1) is 42.5. The Kier molecular flexibility index (Phi) is 16.9. The number of hydrogen-bond donors (Lipinski definition) is 9. The summed E-state index contributed by atoms with van der Waals surface area (Å²) in [5.74, 6) is -5.15. The topological polar surface area (TPSA) is 295 Å². The molecule has 282 valence electrons. The molecule has 1 aromatic heterocycles. The smallest absolute Gasteiger partial charge is 0.394 e. The third kappa shape index (κ3) is 15.4. The fraction of sp³-hybridized carbons (Fsp3) is 0.516. The van der Waals surface area contributed by atoms with Crippen LogP contribution in [-0.4, -0.2) is 115 Å². The number of aliphatic hydroxyl groups excluding tert-OH is 1. The lowest BCUT2D eigenvalue weighted by molar-refractivity contribution is -0.137. The molecule has 0 bridgehead atoms. The van der Waals surface area contributed by atoms with Gasteiger partial charge in [-0.15, -0.1) is 0 Å². The van der Waals surface area contributed by atoms with Crippen molar-refractivity contribution in [3.05, 3.63) is 54.1 Å². The SMILES string of the molecule is CC(=O)N(CCc1ccccc1)CC(=O)N[C@@H](CC(C)C)C(=O)N[C@@H](Cc1c[nH]cn1)C(=O)N[C@@H](CO)C(=O)N[C@H](C(N)=O)[C@@H](C)OP(=O)(O)O. The van der Waals surface area contributed by atoms with E-state index in [0.29, 0.717) is 12.1 Å². The maximum atomic E-state index is 13.6. The highest BCUT2D eigenvalue weighted by Gasteiger charge is 2.35. The number of nitrogens with one attached hydrogen (secondary N) is 5. The van der Waals surface area contributed by atoms with Crippen LogP contribution in [0, 0.1) is 5.92 Å². The third-order valence-corrected chi connectivity index (χ3v) is 8.05. The number of imidazole rings is 1. The van der Waals surface area contributed by atoms with Crippen molar-refractivity contribution in [1.82, 2.24) is 36.1 Å². The van der Waals surface area contributed by atoms with Crippen LogP contribution in [0.25, 0.3) is 0 Å². The van der Waals surface area contributed by atoms with Crippen LogP contribution in [0.5, 0.6) is 0 Å². The number of nitrogens with zero attached hydrogens (tertiary/aromatic N) is 2. The van der Waals surface area contributed by atoms with Crippen LogP contribution in [0.4, 0.5) is 0 Å². The lowest BCUT2D eigenvalue weighted by Gasteiger charge is -2.27. The molecule has 1 heterocycles. The molecule has 2 rings (SSSR count). The predicted molar refractivity (Wildman–Crippen MR) is 181 cm³/mol. The van der Waals surface area contributed by atoms with Crippen LogP contribution in [0.1, 0.15) is 45.4 Å². The third-order valence-electron chi connectivity index (χ3n) is 7.45. The molecule has 0 aliphatic carbocycles. The van der Waals surface area contributed by atoms with Gasteiger partial charge in [-0.1, -0.05) is 44.2 Å². The summed E-state index contributed by atoms with van der Waals surface area (Å²) in [4.78, 5) is 104. The van der Waals surface area contributed by atoms with E-state index in [0.717, 1.165) is 12.5 Å². The number of nitrogens with two attached hydrogens (primary N) is 1. The van der Waals surface area contributed by atoms with Gasteiger partial charge in [0.2, 0.25) is 35.4 Å². The Morgan fingerprint density at radius 1 is 0.941 bits per heavy atom. The normalized spacial score (nSPS) is 14.4. The number of aromatic nitrogens is 2. The summed E-state index contributed by atoms with van der Waals surface area (Å²) in [6, 6.07) is 3.35. The highest BCUT2D eigenvalue weighted by Crippen LogP contribution is 2.38. The van der Waals surface area contributed by atoms with E-state index in [1.165, 1.54) is 24.3 Å². The molecule has 0 spiro atoms. The Bertz CT molecular complexity index is 1520. The number of phosphoric acid groups is 1. The minimum atomic E-state index is -5.09. The Labute approximate surface area is 294 Å². The van der Waals surface area contributed by atoms with E-state index in [4.69, 9.17) is 15.5 Å². The molecular weight excluding hydrogens is 691 g/mol. The van der Waals surface area contributed by atoms with E-state index < -0.39 is 74.2 Å². The van der Waals surface area contributed by atoms with Crippen molar-refractivity contribution >= 4 is 43.3 Å². The van der Waals surface area contributed by atoms with E-state index in [-0.39, 0.29) is 37.8 Å². The van der Waals surface area contributed by atoms with Crippen LogP contribution in [0.15, 0.2) is 42.9 Å². The number of carbonyl (C=O) groups excluding carboxylic acids is 6. The van der Waals surface area contributed by atoms with E-state index in [1.807, 2.05) is 44.2 Å². The van der Waals surface area contributed by atoms with Crippen molar-refractivity contribution < 1.29 is 52.7 Å². The molecule has 0 fully saturated rings. The van der Waals surface area contributed by atoms with Crippen molar-refractivity contribution in [2.45, 2.75) is 77.2 Å². The second-order valence-corrected chi connectivity index (χ2v) is 13.4. The molecule has 5 atom stereocenters. The lowest BCUT2D eigenvalue weighted by Crippen LogP contribution is -2.60. The summed E-state index contributed by atoms with van der Waals surface area (Å²) in [5.41, 5.74) is 6.56. The van der Waals surface area contributed by atoms with Gasteiger partial charge in [0.05, 0.1) is 31.3 Å². The summed E-state index contributed by atoms with van der Waals surface area (Å²) < 4.78 is 15.7. The molecule has 0 radical (unpaired) electrons. The van der Waals surface area contributed by atoms with Gasteiger partial charge in [-0.25, -0.2) is 9.55 Å². The number of phosphoric ester groups is 1. The quantitative estimate of drug-likeness (QED) is 0.0629. The van der Waals surface area contributed by atoms with Crippen molar-refractivity contribution in [3.8, 4) is 0 Å². The van der Waals surface area contributed by atoms with Crippen LogP contribution in [-0.2, 0) is 50.7 Å². The van der Waals surface area contributed by atoms with Crippen molar-refractivity contribution in [1.29, 1.82) is 0 Å². The molecule has 10 N–H and O–H groups in total. The number of aliphatic hydroxyl groups is 1. The standard InChI is InChI=1S/C31H47N8O11P/c1-18(2)12-23(35-26(42)15-39(20(4)41)11-10-21-8-6-5-7-9-21)29(44)36-24(13-22-14-33-17-34-22)30(45)37-25(16-40)31(46)38-27(28(32)43)19(3)50-51(47,48)49/h5-9,14,17-19,23-25,27,40H,10-13,15-16H2,1-4H3,(H2,32,43)(H,33,34)(H,35,42)(H,36,44)(H,37,45)(H,38,46)(H2,47,48,49)/t19-,23+,24+,25+,27+/m1/s1. The molecule has 1 aromatic carbocycles. The number of benzene rings is 1. The highest BCUT2D eigenvalue weighted by molar-refractivity contribution is 7.46. The van der Waals surface area contributed by atoms with Crippen molar-refractivity contribution in [2.24, 2.45) is 11.7 Å². The average Bonchev–Trinajstić information content (AvgIpc) is 3.55. The number of primary amides is 1. The molecule has 0 unspecified atom stereocenters. The molecule has 2 aromatic rings. The molecule has 0 saturated carbocycles. The van der Waals surface area contributed by atoms with Gasteiger partial charge >= 0.3 is 7.82 Å². The number of carbonyl (C=O) groups is 6. The Balaban J connectivity index is 2.20. The van der Waals surface area contributed by atoms with Crippen molar-refractivity contribution in [3.63, 3.8) is 0 Å². The fourth-order valence-electron chi connectivity index (χ4n) is 4.88. The predicted octanol–water partition coefficient (Wildman–Crippen LogP) is -2.00. The maximum absolute atomic E-state index is 13.6. The second-order valence-electron chi connectivity index (χ2n) is 12.2. The average molecular weight is 739 g/mol. The van der Waals surface area contributed by atoms with Crippen LogP contribution in [0.3, 0.4) is 0 Å². The maximum Gasteiger partial charge on any atom is 0.469 e. The highest BCUT2D eigenvalue weighted by atomic mass is 31.2. The van der Waals surface area contributed by atoms with Gasteiger partial charge in [-0.05, 0) is 31.2 Å². The van der Waals surface area contributed by atoms with Gasteiger partial charge in [-0.2, -0.15) is 0 Å². The summed E-state index contributed by atoms with van der Waals surface area (Å²) >= 11 is 0. The summed E-state index contributed by atoms with van der Waals surface area (Å²) in [5, 5.41) is 19.5. The van der Waals surface area contributed by atoms with E-state index >= 15 is 0 Å². The van der Waals surface area contributed by atoms with Gasteiger partial charge < -0.3 is 51.8 Å². The number of amides is 6.